The molecule has 0 fully saturated rings. The second-order valence-electron chi connectivity index (χ2n) is 5.20. The van der Waals surface area contributed by atoms with Crippen LogP contribution in [0.5, 0.6) is 0 Å². The van der Waals surface area contributed by atoms with Gasteiger partial charge in [0.1, 0.15) is 5.82 Å². The Balaban J connectivity index is 2.37. The maximum atomic E-state index is 12.4. The van der Waals surface area contributed by atoms with Crippen LogP contribution in [0.4, 0.5) is 5.82 Å². The normalized spacial score (nSPS) is 12.9. The van der Waals surface area contributed by atoms with E-state index in [1.807, 2.05) is 0 Å². The van der Waals surface area contributed by atoms with Gasteiger partial charge in [0, 0.05) is 10.5 Å². The van der Waals surface area contributed by atoms with E-state index in [9.17, 15) is 24.3 Å². The predicted molar refractivity (Wildman–Crippen MR) is 87.6 cm³/mol. The lowest BCUT2D eigenvalue weighted by molar-refractivity contribution is 0.0695. The average molecular weight is 392 g/mol. The SMILES string of the molecule is Cc1cc(Br)c(C(=O)O)cc1-n1c(N)c2c(cc1=O)C(=O)NC2=O. The van der Waals surface area contributed by atoms with E-state index in [1.54, 1.807) is 6.92 Å². The molecule has 4 N–H and O–H groups in total. The number of nitrogen functional groups attached to an aromatic ring is 1. The fraction of sp³-hybridized carbons (Fsp3) is 0.0667. The number of hydrogen-bond acceptors (Lipinski definition) is 5. The average Bonchev–Trinajstić information content (AvgIpc) is 2.75. The first-order chi connectivity index (χ1) is 11.2. The zero-order valence-corrected chi connectivity index (χ0v) is 13.8. The van der Waals surface area contributed by atoms with E-state index < -0.39 is 23.3 Å². The fourth-order valence-corrected chi connectivity index (χ4v) is 3.22. The van der Waals surface area contributed by atoms with E-state index >= 15 is 0 Å². The van der Waals surface area contributed by atoms with Crippen LogP contribution < -0.4 is 16.6 Å². The van der Waals surface area contributed by atoms with E-state index in [0.29, 0.717) is 10.0 Å². The molecule has 1 aromatic carbocycles. The number of carbonyl (C=O) groups is 3. The number of rotatable bonds is 2. The van der Waals surface area contributed by atoms with Crippen LogP contribution in [0.3, 0.4) is 0 Å². The van der Waals surface area contributed by atoms with Crippen LogP contribution in [0.15, 0.2) is 27.5 Å². The molecule has 0 saturated heterocycles. The van der Waals surface area contributed by atoms with Crippen LogP contribution in [0, 0.1) is 6.92 Å². The van der Waals surface area contributed by atoms with Crippen LogP contribution >= 0.6 is 15.9 Å². The number of benzene rings is 1. The van der Waals surface area contributed by atoms with Crippen molar-refractivity contribution in [1.29, 1.82) is 0 Å². The number of fused-ring (bicyclic) bond motifs is 1. The zero-order chi connectivity index (χ0) is 17.8. The van der Waals surface area contributed by atoms with Crippen LogP contribution in [-0.2, 0) is 0 Å². The highest BCUT2D eigenvalue weighted by molar-refractivity contribution is 9.10. The minimum atomic E-state index is -1.19. The van der Waals surface area contributed by atoms with Gasteiger partial charge in [-0.05, 0) is 40.5 Å². The molecule has 0 radical (unpaired) electrons. The number of imide groups is 1. The highest BCUT2D eigenvalue weighted by Gasteiger charge is 2.32. The van der Waals surface area contributed by atoms with Crippen molar-refractivity contribution in [3.8, 4) is 5.69 Å². The Morgan fingerprint density at radius 2 is 1.88 bits per heavy atom. The van der Waals surface area contributed by atoms with Crippen molar-refractivity contribution >= 4 is 39.5 Å². The molecule has 0 spiro atoms. The molecule has 0 atom stereocenters. The Kier molecular flexibility index (Phi) is 3.52. The van der Waals surface area contributed by atoms with Crippen molar-refractivity contribution in [2.24, 2.45) is 0 Å². The van der Waals surface area contributed by atoms with Crippen molar-refractivity contribution in [2.45, 2.75) is 6.92 Å². The van der Waals surface area contributed by atoms with Gasteiger partial charge >= 0.3 is 5.97 Å². The minimum absolute atomic E-state index is 0.0667. The van der Waals surface area contributed by atoms with E-state index in [0.717, 1.165) is 10.6 Å². The van der Waals surface area contributed by atoms with Crippen LogP contribution in [0.25, 0.3) is 5.69 Å². The molecule has 2 heterocycles. The zero-order valence-electron chi connectivity index (χ0n) is 12.2. The molecule has 8 nitrogen and oxygen atoms in total. The van der Waals surface area contributed by atoms with E-state index in [4.69, 9.17) is 5.73 Å². The first-order valence-corrected chi connectivity index (χ1v) is 7.46. The van der Waals surface area contributed by atoms with Gasteiger partial charge in [0.05, 0.1) is 22.4 Å². The molecule has 1 aromatic heterocycles. The molecule has 122 valence electrons. The molecule has 2 amide bonds. The van der Waals surface area contributed by atoms with Crippen molar-refractivity contribution in [1.82, 2.24) is 9.88 Å². The Labute approximate surface area is 143 Å². The minimum Gasteiger partial charge on any atom is -0.478 e. The number of nitrogens with one attached hydrogen (secondary N) is 1. The fourth-order valence-electron chi connectivity index (χ4n) is 2.59. The number of aryl methyl sites for hydroxylation is 1. The summed E-state index contributed by atoms with van der Waals surface area (Å²) in [6.45, 7) is 1.66. The van der Waals surface area contributed by atoms with E-state index in [2.05, 4.69) is 21.2 Å². The summed E-state index contributed by atoms with van der Waals surface area (Å²) >= 11 is 3.15. The van der Waals surface area contributed by atoms with Gasteiger partial charge in [0.2, 0.25) is 0 Å². The van der Waals surface area contributed by atoms with Crippen LogP contribution in [-0.4, -0.2) is 27.5 Å². The second-order valence-corrected chi connectivity index (χ2v) is 6.05. The standard InChI is InChI=1S/C15H10BrN3O5/c1-5-2-8(16)6(15(23)24)3-9(5)19-10(20)4-7-11(12(19)17)14(22)18-13(7)21/h2-4H,17H2,1H3,(H,23,24)(H,18,21,22). The van der Waals surface area contributed by atoms with Crippen LogP contribution in [0.2, 0.25) is 0 Å². The van der Waals surface area contributed by atoms with Gasteiger partial charge in [0.25, 0.3) is 17.4 Å². The molecule has 24 heavy (non-hydrogen) atoms. The number of carboxylic acids is 1. The Morgan fingerprint density at radius 3 is 2.50 bits per heavy atom. The second kappa shape index (κ2) is 5.31. The quantitative estimate of drug-likeness (QED) is 0.656. The third kappa shape index (κ3) is 2.21. The molecule has 0 aliphatic carbocycles. The maximum Gasteiger partial charge on any atom is 0.336 e. The Morgan fingerprint density at radius 1 is 1.21 bits per heavy atom. The molecule has 9 heteroatoms. The Bertz CT molecular complexity index is 1010. The molecule has 1 aliphatic rings. The van der Waals surface area contributed by atoms with Gasteiger partial charge in [-0.2, -0.15) is 0 Å². The monoisotopic (exact) mass is 391 g/mol. The summed E-state index contributed by atoms with van der Waals surface area (Å²) < 4.78 is 1.36. The predicted octanol–water partition coefficient (Wildman–Crippen LogP) is 1.07. The highest BCUT2D eigenvalue weighted by atomic mass is 79.9. The van der Waals surface area contributed by atoms with Crippen molar-refractivity contribution in [3.05, 3.63) is 55.3 Å². The summed E-state index contributed by atoms with van der Waals surface area (Å²) in [4.78, 5) is 47.3. The molecule has 0 unspecified atom stereocenters. The van der Waals surface area contributed by atoms with Gasteiger partial charge in [-0.3, -0.25) is 24.3 Å². The van der Waals surface area contributed by atoms with E-state index in [-0.39, 0.29) is 28.2 Å². The number of carbonyl (C=O) groups excluding carboxylic acids is 2. The van der Waals surface area contributed by atoms with Crippen molar-refractivity contribution in [3.63, 3.8) is 0 Å². The molecular weight excluding hydrogens is 382 g/mol. The molecule has 3 rings (SSSR count). The molecule has 0 bridgehead atoms. The number of carboxylic acid groups (broad SMARTS) is 1. The summed E-state index contributed by atoms with van der Waals surface area (Å²) in [6.07, 6.45) is 0. The number of amides is 2. The van der Waals surface area contributed by atoms with Gasteiger partial charge in [-0.25, -0.2) is 4.79 Å². The highest BCUT2D eigenvalue weighted by Crippen LogP contribution is 2.28. The maximum absolute atomic E-state index is 12.4. The molecular formula is C15H10BrN3O5. The largest absolute Gasteiger partial charge is 0.478 e. The lowest BCUT2D eigenvalue weighted by Gasteiger charge is -2.15. The summed E-state index contributed by atoms with van der Waals surface area (Å²) in [5.41, 5.74) is 5.82. The first-order valence-electron chi connectivity index (χ1n) is 6.67. The number of aromatic nitrogens is 1. The molecule has 2 aromatic rings. The van der Waals surface area contributed by atoms with Crippen LogP contribution in [0.1, 0.15) is 36.6 Å². The number of anilines is 1. The number of nitrogens with zero attached hydrogens (tertiary/aromatic N) is 1. The first kappa shape index (κ1) is 15.9. The Hall–Kier alpha value is -2.94. The summed E-state index contributed by atoms with van der Waals surface area (Å²) in [6, 6.07) is 3.82. The summed E-state index contributed by atoms with van der Waals surface area (Å²) in [5, 5.41) is 11.3. The third-order valence-corrected chi connectivity index (χ3v) is 4.37. The number of hydrogen-bond donors (Lipinski definition) is 3. The smallest absolute Gasteiger partial charge is 0.336 e. The molecule has 1 aliphatic heterocycles. The topological polar surface area (TPSA) is 131 Å². The van der Waals surface area contributed by atoms with Gasteiger partial charge < -0.3 is 10.8 Å². The van der Waals surface area contributed by atoms with Gasteiger partial charge in [-0.15, -0.1) is 0 Å². The molecule has 0 saturated carbocycles. The third-order valence-electron chi connectivity index (χ3n) is 3.71. The van der Waals surface area contributed by atoms with Crippen molar-refractivity contribution < 1.29 is 19.5 Å². The lowest BCUT2D eigenvalue weighted by atomic mass is 10.1. The number of halogens is 1. The number of aromatic carboxylic acids is 1. The van der Waals surface area contributed by atoms with Gasteiger partial charge in [-0.1, -0.05) is 0 Å². The summed E-state index contributed by atoms with van der Waals surface area (Å²) in [5.74, 6) is -2.80. The number of pyridine rings is 1. The van der Waals surface area contributed by atoms with Crippen molar-refractivity contribution in [2.75, 3.05) is 5.73 Å². The van der Waals surface area contributed by atoms with Gasteiger partial charge in [0.15, 0.2) is 0 Å². The van der Waals surface area contributed by atoms with E-state index in [1.165, 1.54) is 12.1 Å². The summed E-state index contributed by atoms with van der Waals surface area (Å²) in [7, 11) is 0. The number of nitrogens with two attached hydrogens (primary N) is 1. The lowest BCUT2D eigenvalue weighted by Crippen LogP contribution is -2.25.